The summed E-state index contributed by atoms with van der Waals surface area (Å²) in [6.45, 7) is 0. The second-order valence-electron chi connectivity index (χ2n) is 4.30. The lowest BCUT2D eigenvalue weighted by atomic mass is 10.0. The Kier molecular flexibility index (Phi) is 4.18. The van der Waals surface area contributed by atoms with Gasteiger partial charge in [0.15, 0.2) is 23.3 Å². The van der Waals surface area contributed by atoms with Gasteiger partial charge in [0.1, 0.15) is 0 Å². The van der Waals surface area contributed by atoms with E-state index in [0.29, 0.717) is 0 Å². The van der Waals surface area contributed by atoms with Crippen LogP contribution in [0.1, 0.15) is 5.56 Å². The van der Waals surface area contributed by atoms with Crippen molar-refractivity contribution in [3.05, 3.63) is 59.2 Å². The highest BCUT2D eigenvalue weighted by Gasteiger charge is 2.29. The van der Waals surface area contributed by atoms with E-state index in [9.17, 15) is 22.1 Å². The molecule has 0 radical (unpaired) electrons. The maximum atomic E-state index is 13.9. The summed E-state index contributed by atoms with van der Waals surface area (Å²) in [5.41, 5.74) is -2.31. The third-order valence-corrected chi connectivity index (χ3v) is 3.51. The molecule has 2 aromatic rings. The molecule has 0 aromatic heterocycles. The predicted molar refractivity (Wildman–Crippen MR) is 67.5 cm³/mol. The highest BCUT2D eigenvalue weighted by Crippen LogP contribution is 2.42. The molecule has 0 fully saturated rings. The molecule has 0 bridgehead atoms. The summed E-state index contributed by atoms with van der Waals surface area (Å²) in [7, 11) is -4.88. The van der Waals surface area contributed by atoms with Crippen molar-refractivity contribution >= 4 is 7.60 Å². The molecule has 2 N–H and O–H groups in total. The first-order valence-corrected chi connectivity index (χ1v) is 7.47. The summed E-state index contributed by atoms with van der Waals surface area (Å²) >= 11 is 0. The van der Waals surface area contributed by atoms with Gasteiger partial charge >= 0.3 is 7.60 Å². The average molecular weight is 320 g/mol. The van der Waals surface area contributed by atoms with Gasteiger partial charge in [0, 0.05) is 5.56 Å². The van der Waals surface area contributed by atoms with Crippen LogP contribution in [0, 0.1) is 23.3 Å². The van der Waals surface area contributed by atoms with Crippen molar-refractivity contribution in [2.45, 2.75) is 6.16 Å². The number of halogens is 4. The molecule has 0 amide bonds. The van der Waals surface area contributed by atoms with Crippen LogP contribution < -0.4 is 0 Å². The summed E-state index contributed by atoms with van der Waals surface area (Å²) in [5, 5.41) is 0. The topological polar surface area (TPSA) is 57.5 Å². The van der Waals surface area contributed by atoms with Gasteiger partial charge in [0.2, 0.25) is 0 Å². The van der Waals surface area contributed by atoms with E-state index in [4.69, 9.17) is 9.79 Å². The standard InChI is InChI=1S/C13H9F4O3P/c14-10-8(6-21(18,19)20)11(15)13(17)9(12(10)16)7-4-2-1-3-5-7/h1-5H,6H2,(H2,18,19,20). The molecule has 112 valence electrons. The van der Waals surface area contributed by atoms with Crippen LogP contribution in [-0.4, -0.2) is 9.79 Å². The zero-order chi connectivity index (χ0) is 15.8. The first kappa shape index (κ1) is 15.7. The Morgan fingerprint density at radius 3 is 1.76 bits per heavy atom. The number of benzene rings is 2. The summed E-state index contributed by atoms with van der Waals surface area (Å²) in [5.74, 6) is -7.00. The van der Waals surface area contributed by atoms with E-state index >= 15 is 0 Å². The number of rotatable bonds is 3. The Hall–Kier alpha value is -1.69. The van der Waals surface area contributed by atoms with Gasteiger partial charge in [-0.05, 0) is 5.56 Å². The number of hydrogen-bond donors (Lipinski definition) is 2. The third-order valence-electron chi connectivity index (χ3n) is 2.78. The van der Waals surface area contributed by atoms with E-state index < -0.39 is 48.2 Å². The Labute approximate surface area is 117 Å². The van der Waals surface area contributed by atoms with Crippen molar-refractivity contribution in [2.75, 3.05) is 0 Å². The van der Waals surface area contributed by atoms with Crippen molar-refractivity contribution in [1.82, 2.24) is 0 Å². The molecule has 0 heterocycles. The van der Waals surface area contributed by atoms with E-state index in [2.05, 4.69) is 0 Å². The second-order valence-corrected chi connectivity index (χ2v) is 5.94. The van der Waals surface area contributed by atoms with Crippen molar-refractivity contribution in [3.63, 3.8) is 0 Å². The largest absolute Gasteiger partial charge is 0.330 e. The summed E-state index contributed by atoms with van der Waals surface area (Å²) in [6.07, 6.45) is -1.42. The molecule has 0 unspecified atom stereocenters. The summed E-state index contributed by atoms with van der Waals surface area (Å²) < 4.78 is 66.2. The SMILES string of the molecule is O=P(O)(O)Cc1c(F)c(F)c(-c2ccccc2)c(F)c1F. The molecule has 0 spiro atoms. The third kappa shape index (κ3) is 3.15. The van der Waals surface area contributed by atoms with E-state index in [0.717, 1.165) is 0 Å². The molecule has 21 heavy (non-hydrogen) atoms. The minimum absolute atomic E-state index is 0.0898. The van der Waals surface area contributed by atoms with Crippen molar-refractivity contribution in [1.29, 1.82) is 0 Å². The molecule has 8 heteroatoms. The van der Waals surface area contributed by atoms with Crippen LogP contribution in [0.15, 0.2) is 30.3 Å². The van der Waals surface area contributed by atoms with Crippen LogP contribution in [0.25, 0.3) is 11.1 Å². The first-order chi connectivity index (χ1) is 9.72. The molecule has 0 aliphatic rings. The minimum Gasteiger partial charge on any atom is -0.324 e. The van der Waals surface area contributed by atoms with Gasteiger partial charge in [0.05, 0.1) is 11.7 Å². The maximum absolute atomic E-state index is 13.9. The average Bonchev–Trinajstić information content (AvgIpc) is 2.42. The van der Waals surface area contributed by atoms with Crippen LogP contribution >= 0.6 is 7.60 Å². The highest BCUT2D eigenvalue weighted by atomic mass is 31.2. The zero-order valence-electron chi connectivity index (χ0n) is 10.4. The molecule has 2 aromatic carbocycles. The lowest BCUT2D eigenvalue weighted by Crippen LogP contribution is -2.06. The summed E-state index contributed by atoms with van der Waals surface area (Å²) in [4.78, 5) is 17.4. The fourth-order valence-corrected chi connectivity index (χ4v) is 2.57. The maximum Gasteiger partial charge on any atom is 0.330 e. The van der Waals surface area contributed by atoms with E-state index in [1.54, 1.807) is 6.07 Å². The van der Waals surface area contributed by atoms with Crippen LogP contribution in [0.5, 0.6) is 0 Å². The fraction of sp³-hybridized carbons (Fsp3) is 0.0769. The van der Waals surface area contributed by atoms with Gasteiger partial charge in [-0.2, -0.15) is 0 Å². The van der Waals surface area contributed by atoms with Crippen LogP contribution in [-0.2, 0) is 10.7 Å². The second kappa shape index (κ2) is 5.60. The quantitative estimate of drug-likeness (QED) is 0.516. The van der Waals surface area contributed by atoms with Gasteiger partial charge in [-0.3, -0.25) is 4.57 Å². The van der Waals surface area contributed by atoms with Gasteiger partial charge in [-0.1, -0.05) is 30.3 Å². The molecule has 0 aliphatic heterocycles. The Balaban J connectivity index is 2.70. The van der Waals surface area contributed by atoms with Gasteiger partial charge in [-0.25, -0.2) is 17.6 Å². The Morgan fingerprint density at radius 1 is 0.857 bits per heavy atom. The zero-order valence-corrected chi connectivity index (χ0v) is 11.3. The highest BCUT2D eigenvalue weighted by molar-refractivity contribution is 7.50. The molecular formula is C13H9F4O3P. The van der Waals surface area contributed by atoms with E-state index in [-0.39, 0.29) is 5.56 Å². The monoisotopic (exact) mass is 320 g/mol. The van der Waals surface area contributed by atoms with Crippen molar-refractivity contribution in [3.8, 4) is 11.1 Å². The lowest BCUT2D eigenvalue weighted by molar-refractivity contribution is 0.367. The van der Waals surface area contributed by atoms with Gasteiger partial charge in [-0.15, -0.1) is 0 Å². The van der Waals surface area contributed by atoms with Crippen LogP contribution in [0.3, 0.4) is 0 Å². The molecule has 0 saturated carbocycles. The molecule has 0 atom stereocenters. The lowest BCUT2D eigenvalue weighted by Gasteiger charge is -2.12. The Morgan fingerprint density at radius 2 is 1.33 bits per heavy atom. The van der Waals surface area contributed by atoms with Crippen LogP contribution in [0.4, 0.5) is 17.6 Å². The normalized spacial score (nSPS) is 11.7. The smallest absolute Gasteiger partial charge is 0.324 e. The molecular weight excluding hydrogens is 311 g/mol. The Bertz CT molecular complexity index is 699. The van der Waals surface area contributed by atoms with Gasteiger partial charge in [0.25, 0.3) is 0 Å². The molecule has 2 rings (SSSR count). The van der Waals surface area contributed by atoms with Crippen LogP contribution in [0.2, 0.25) is 0 Å². The molecule has 0 saturated heterocycles. The predicted octanol–water partition coefficient (Wildman–Crippen LogP) is 3.59. The van der Waals surface area contributed by atoms with Gasteiger partial charge < -0.3 is 9.79 Å². The molecule has 3 nitrogen and oxygen atoms in total. The van der Waals surface area contributed by atoms with Crippen molar-refractivity contribution < 1.29 is 31.9 Å². The van der Waals surface area contributed by atoms with Crippen molar-refractivity contribution in [2.24, 2.45) is 0 Å². The fourth-order valence-electron chi connectivity index (χ4n) is 1.88. The number of hydrogen-bond acceptors (Lipinski definition) is 1. The molecule has 0 aliphatic carbocycles. The summed E-state index contributed by atoms with van der Waals surface area (Å²) in [6, 6.07) is 6.90. The first-order valence-electron chi connectivity index (χ1n) is 5.67. The van der Waals surface area contributed by atoms with E-state index in [1.165, 1.54) is 24.3 Å². The minimum atomic E-state index is -4.88. The van der Waals surface area contributed by atoms with E-state index in [1.807, 2.05) is 0 Å².